The molecule has 0 aromatic carbocycles. The lowest BCUT2D eigenvalue weighted by Gasteiger charge is -2.34. The van der Waals surface area contributed by atoms with Crippen LogP contribution in [-0.4, -0.2) is 50.5 Å². The maximum Gasteiger partial charge on any atom is 0.107 e. The summed E-state index contributed by atoms with van der Waals surface area (Å²) in [5.41, 5.74) is 1.89. The molecule has 124 valence electrons. The van der Waals surface area contributed by atoms with E-state index in [1.54, 1.807) is 11.3 Å². The third-order valence-electron chi connectivity index (χ3n) is 5.70. The maximum absolute atomic E-state index is 4.42. The topological polar surface area (TPSA) is 37.2 Å². The van der Waals surface area contributed by atoms with Crippen LogP contribution in [0.3, 0.4) is 0 Å². The summed E-state index contributed by atoms with van der Waals surface area (Å²) >= 11 is 1.77. The Labute approximate surface area is 142 Å². The first-order chi connectivity index (χ1) is 11.2. The Morgan fingerprint density at radius 1 is 1.39 bits per heavy atom. The average molecular weight is 331 g/mol. The second-order valence-corrected chi connectivity index (χ2v) is 8.17. The van der Waals surface area contributed by atoms with Gasteiger partial charge in [0.25, 0.3) is 0 Å². The van der Waals surface area contributed by atoms with Crippen LogP contribution in [0.15, 0.2) is 24.1 Å². The summed E-state index contributed by atoms with van der Waals surface area (Å²) < 4.78 is 2.13. The number of piperidine rings is 1. The molecule has 0 radical (unpaired) electrons. The fraction of sp³-hybridized carbons (Fsp3) is 0.647. The Morgan fingerprint density at radius 2 is 2.22 bits per heavy atom. The van der Waals surface area contributed by atoms with Crippen LogP contribution in [0.1, 0.15) is 30.0 Å². The van der Waals surface area contributed by atoms with E-state index in [2.05, 4.69) is 43.8 Å². The highest BCUT2D eigenvalue weighted by molar-refractivity contribution is 7.09. The van der Waals surface area contributed by atoms with E-state index in [4.69, 9.17) is 0 Å². The number of rotatable bonds is 5. The zero-order chi connectivity index (χ0) is 15.9. The molecule has 0 unspecified atom stereocenters. The van der Waals surface area contributed by atoms with Gasteiger partial charge in [-0.2, -0.15) is 0 Å². The number of aromatic nitrogens is 3. The third-order valence-corrected chi connectivity index (χ3v) is 6.47. The van der Waals surface area contributed by atoms with E-state index in [9.17, 15) is 0 Å². The molecule has 2 aromatic rings. The Kier molecular flexibility index (Phi) is 3.99. The van der Waals surface area contributed by atoms with E-state index in [-0.39, 0.29) is 0 Å². The van der Waals surface area contributed by atoms with E-state index in [1.807, 2.05) is 18.7 Å². The molecule has 1 aliphatic heterocycles. The lowest BCUT2D eigenvalue weighted by atomic mass is 9.92. The molecular weight excluding hydrogens is 306 g/mol. The van der Waals surface area contributed by atoms with Crippen LogP contribution in [0.5, 0.6) is 0 Å². The molecule has 0 amide bonds. The highest BCUT2D eigenvalue weighted by atomic mass is 32.1. The fourth-order valence-corrected chi connectivity index (χ4v) is 4.74. The number of hydrogen-bond donors (Lipinski definition) is 0. The van der Waals surface area contributed by atoms with Gasteiger partial charge in [0.05, 0.1) is 18.6 Å². The van der Waals surface area contributed by atoms with Crippen LogP contribution in [0, 0.1) is 5.41 Å². The minimum Gasteiger partial charge on any atom is -0.337 e. The molecule has 1 saturated carbocycles. The highest BCUT2D eigenvalue weighted by Gasteiger charge is 2.56. The average Bonchev–Trinajstić information content (AvgIpc) is 2.88. The second-order valence-electron chi connectivity index (χ2n) is 7.20. The molecule has 0 bridgehead atoms. The Hall–Kier alpha value is -1.24. The largest absolute Gasteiger partial charge is 0.337 e. The SMILES string of the molecule is CN(Cc1nccs1)[C@H]1CC12CCN(Cc1cncn1C)CC2. The smallest absolute Gasteiger partial charge is 0.107 e. The normalized spacial score (nSPS) is 23.7. The van der Waals surface area contributed by atoms with Crippen LogP contribution in [-0.2, 0) is 20.1 Å². The molecule has 2 fully saturated rings. The van der Waals surface area contributed by atoms with Crippen molar-refractivity contribution in [2.24, 2.45) is 12.5 Å². The molecule has 1 spiro atoms. The van der Waals surface area contributed by atoms with Gasteiger partial charge in [-0.05, 0) is 44.8 Å². The van der Waals surface area contributed by atoms with Crippen molar-refractivity contribution >= 4 is 11.3 Å². The summed E-state index contributed by atoms with van der Waals surface area (Å²) in [6, 6.07) is 0.755. The molecule has 5 nitrogen and oxygen atoms in total. The lowest BCUT2D eigenvalue weighted by Crippen LogP contribution is -2.37. The van der Waals surface area contributed by atoms with Crippen molar-refractivity contribution in [1.82, 2.24) is 24.3 Å². The highest BCUT2D eigenvalue weighted by Crippen LogP contribution is 2.56. The first-order valence-electron chi connectivity index (χ1n) is 8.42. The summed E-state index contributed by atoms with van der Waals surface area (Å²) in [6.45, 7) is 4.47. The van der Waals surface area contributed by atoms with Gasteiger partial charge in [0.1, 0.15) is 5.01 Å². The van der Waals surface area contributed by atoms with Crippen molar-refractivity contribution in [1.29, 1.82) is 0 Å². The van der Waals surface area contributed by atoms with E-state index in [0.717, 1.165) is 19.1 Å². The van der Waals surface area contributed by atoms with Crippen molar-refractivity contribution < 1.29 is 0 Å². The van der Waals surface area contributed by atoms with E-state index in [0.29, 0.717) is 5.41 Å². The van der Waals surface area contributed by atoms with Gasteiger partial charge in [0.2, 0.25) is 0 Å². The minimum absolute atomic E-state index is 0.578. The van der Waals surface area contributed by atoms with Crippen LogP contribution in [0.25, 0.3) is 0 Å². The van der Waals surface area contributed by atoms with Crippen molar-refractivity contribution in [3.63, 3.8) is 0 Å². The number of nitrogens with zero attached hydrogens (tertiary/aromatic N) is 5. The summed E-state index contributed by atoms with van der Waals surface area (Å²) in [7, 11) is 4.35. The second kappa shape index (κ2) is 6.00. The van der Waals surface area contributed by atoms with Crippen molar-refractivity contribution in [2.45, 2.75) is 38.4 Å². The molecular formula is C17H25N5S. The Bertz CT molecular complexity index is 642. The van der Waals surface area contributed by atoms with Gasteiger partial charge in [0, 0.05) is 37.4 Å². The quantitative estimate of drug-likeness (QED) is 0.843. The molecule has 6 heteroatoms. The van der Waals surface area contributed by atoms with Gasteiger partial charge in [-0.15, -0.1) is 11.3 Å². The standard InChI is InChI=1S/C17H25N5S/c1-20(12-16-19-5-8-23-16)15-9-17(15)3-6-22(7-4-17)11-14-10-18-13-21(14)2/h5,8,10,13,15H,3-4,6-7,9,11-12H2,1-2H3/t15-/m0/s1. The van der Waals surface area contributed by atoms with Crippen LogP contribution >= 0.6 is 11.3 Å². The monoisotopic (exact) mass is 331 g/mol. The van der Waals surface area contributed by atoms with Crippen molar-refractivity contribution in [3.8, 4) is 0 Å². The zero-order valence-corrected chi connectivity index (χ0v) is 14.8. The van der Waals surface area contributed by atoms with Crippen LogP contribution in [0.4, 0.5) is 0 Å². The molecule has 1 atom stereocenters. The third kappa shape index (κ3) is 3.07. The fourth-order valence-electron chi connectivity index (χ4n) is 4.06. The number of imidazole rings is 1. The maximum atomic E-state index is 4.42. The predicted octanol–water partition coefficient (Wildman–Crippen LogP) is 2.36. The Morgan fingerprint density at radius 3 is 2.87 bits per heavy atom. The van der Waals surface area contributed by atoms with Gasteiger partial charge in [0.15, 0.2) is 0 Å². The first kappa shape index (κ1) is 15.3. The van der Waals surface area contributed by atoms with Crippen LogP contribution < -0.4 is 0 Å². The van der Waals surface area contributed by atoms with Gasteiger partial charge in [-0.3, -0.25) is 9.80 Å². The first-order valence-corrected chi connectivity index (χ1v) is 9.30. The van der Waals surface area contributed by atoms with E-state index < -0.39 is 0 Å². The molecule has 2 aliphatic rings. The van der Waals surface area contributed by atoms with Gasteiger partial charge >= 0.3 is 0 Å². The number of hydrogen-bond acceptors (Lipinski definition) is 5. The summed E-state index contributed by atoms with van der Waals surface area (Å²) in [5.74, 6) is 0. The molecule has 23 heavy (non-hydrogen) atoms. The molecule has 2 aromatic heterocycles. The summed E-state index contributed by atoms with van der Waals surface area (Å²) in [4.78, 5) is 13.8. The number of thiazole rings is 1. The predicted molar refractivity (Wildman–Crippen MR) is 92.1 cm³/mol. The lowest BCUT2D eigenvalue weighted by molar-refractivity contribution is 0.137. The molecule has 1 saturated heterocycles. The minimum atomic E-state index is 0.578. The molecule has 4 rings (SSSR count). The van der Waals surface area contributed by atoms with Gasteiger partial charge in [-0.25, -0.2) is 9.97 Å². The molecule has 0 N–H and O–H groups in total. The van der Waals surface area contributed by atoms with E-state index in [1.165, 1.54) is 43.1 Å². The summed E-state index contributed by atoms with van der Waals surface area (Å²) in [6.07, 6.45) is 9.83. The van der Waals surface area contributed by atoms with Crippen molar-refractivity contribution in [3.05, 3.63) is 34.8 Å². The summed E-state index contributed by atoms with van der Waals surface area (Å²) in [5, 5.41) is 3.31. The van der Waals surface area contributed by atoms with Gasteiger partial charge < -0.3 is 4.57 Å². The Balaban J connectivity index is 1.29. The van der Waals surface area contributed by atoms with Crippen molar-refractivity contribution in [2.75, 3.05) is 20.1 Å². The number of aryl methyl sites for hydroxylation is 1. The van der Waals surface area contributed by atoms with Gasteiger partial charge in [-0.1, -0.05) is 0 Å². The van der Waals surface area contributed by atoms with E-state index >= 15 is 0 Å². The zero-order valence-electron chi connectivity index (χ0n) is 14.0. The van der Waals surface area contributed by atoms with Crippen LogP contribution in [0.2, 0.25) is 0 Å². The molecule has 1 aliphatic carbocycles. The number of likely N-dealkylation sites (tertiary alicyclic amines) is 1. The molecule has 3 heterocycles.